The lowest BCUT2D eigenvalue weighted by atomic mass is 10.2. The minimum absolute atomic E-state index is 0.0204. The van der Waals surface area contributed by atoms with Crippen molar-refractivity contribution in [3.05, 3.63) is 83.9 Å². The van der Waals surface area contributed by atoms with Crippen LogP contribution in [0.4, 0.5) is 5.69 Å². The van der Waals surface area contributed by atoms with Crippen molar-refractivity contribution in [2.75, 3.05) is 14.2 Å². The molecule has 0 radical (unpaired) electrons. The number of hydrogen-bond donors (Lipinski definition) is 0. The molecule has 1 aromatic heterocycles. The third kappa shape index (κ3) is 4.04. The summed E-state index contributed by atoms with van der Waals surface area (Å²) in [6.07, 6.45) is 0. The molecule has 4 rings (SSSR count). The summed E-state index contributed by atoms with van der Waals surface area (Å²) >= 11 is 0. The summed E-state index contributed by atoms with van der Waals surface area (Å²) in [6.45, 7) is 1.90. The first-order chi connectivity index (χ1) is 14.9. The Morgan fingerprint density at radius 3 is 2.23 bits per heavy atom. The predicted molar refractivity (Wildman–Crippen MR) is 118 cm³/mol. The van der Waals surface area contributed by atoms with Gasteiger partial charge in [0.2, 0.25) is 15.4 Å². The molecule has 6 nitrogen and oxygen atoms in total. The van der Waals surface area contributed by atoms with Gasteiger partial charge in [0.1, 0.15) is 10.6 Å². The fraction of sp³-hybridized carbons (Fsp3) is 0.125. The zero-order chi connectivity index (χ0) is 22.0. The van der Waals surface area contributed by atoms with Crippen LogP contribution in [0.2, 0.25) is 0 Å². The summed E-state index contributed by atoms with van der Waals surface area (Å²) in [7, 11) is -0.781. The number of benzene rings is 3. The average molecular weight is 436 g/mol. The molecule has 0 unspecified atom stereocenters. The highest BCUT2D eigenvalue weighted by Crippen LogP contribution is 2.28. The summed E-state index contributed by atoms with van der Waals surface area (Å²) < 4.78 is 43.5. The quantitative estimate of drug-likeness (QED) is 0.449. The Balaban J connectivity index is 2.01. The lowest BCUT2D eigenvalue weighted by Gasteiger charge is -2.09. The molecule has 0 aliphatic carbocycles. The normalized spacial score (nSPS) is 12.2. The van der Waals surface area contributed by atoms with Crippen LogP contribution in [0.3, 0.4) is 0 Å². The highest BCUT2D eigenvalue weighted by molar-refractivity contribution is 7.91. The van der Waals surface area contributed by atoms with Gasteiger partial charge in [0.25, 0.3) is 0 Å². The van der Waals surface area contributed by atoms with Crippen LogP contribution in [-0.4, -0.2) is 22.6 Å². The van der Waals surface area contributed by atoms with Crippen LogP contribution < -0.4 is 15.0 Å². The topological polar surface area (TPSA) is 78.1 Å². The van der Waals surface area contributed by atoms with E-state index in [1.165, 1.54) is 7.11 Å². The molecule has 0 N–H and O–H groups in total. The summed E-state index contributed by atoms with van der Waals surface area (Å²) in [5, 5.41) is 0.596. The third-order valence-corrected chi connectivity index (χ3v) is 6.61. The zero-order valence-electron chi connectivity index (χ0n) is 17.3. The van der Waals surface area contributed by atoms with E-state index in [-0.39, 0.29) is 15.3 Å². The standard InChI is InChI=1S/C24H21NO5S/c1-16-7-13-20(14-8-16)31(26,27)22-15-17-5-4-6-21(29-3)23(17)30-24(22)25-18-9-11-19(28-2)12-10-18/h4-15H,1-3H3. The van der Waals surface area contributed by atoms with Gasteiger partial charge >= 0.3 is 0 Å². The minimum atomic E-state index is -3.88. The van der Waals surface area contributed by atoms with E-state index in [1.807, 2.05) is 6.92 Å². The Hall–Kier alpha value is -3.58. The SMILES string of the molecule is COc1ccc(N=c2oc3c(OC)cccc3cc2S(=O)(=O)c2ccc(C)cc2)cc1. The van der Waals surface area contributed by atoms with Gasteiger partial charge in [0.05, 0.1) is 24.8 Å². The van der Waals surface area contributed by atoms with Crippen molar-refractivity contribution in [2.45, 2.75) is 16.7 Å². The molecule has 3 aromatic carbocycles. The molecule has 31 heavy (non-hydrogen) atoms. The van der Waals surface area contributed by atoms with Gasteiger partial charge in [0, 0.05) is 5.39 Å². The molecule has 1 heterocycles. The molecule has 7 heteroatoms. The van der Waals surface area contributed by atoms with Crippen LogP contribution in [-0.2, 0) is 9.84 Å². The molecule has 0 atom stereocenters. The molecular formula is C24H21NO5S. The molecule has 0 aliphatic heterocycles. The fourth-order valence-electron chi connectivity index (χ4n) is 3.16. The second kappa shape index (κ2) is 8.28. The van der Waals surface area contributed by atoms with Crippen molar-refractivity contribution in [2.24, 2.45) is 4.99 Å². The van der Waals surface area contributed by atoms with Crippen LogP contribution in [0.5, 0.6) is 11.5 Å². The van der Waals surface area contributed by atoms with E-state index in [2.05, 4.69) is 4.99 Å². The van der Waals surface area contributed by atoms with Crippen LogP contribution in [0, 0.1) is 6.92 Å². The Morgan fingerprint density at radius 2 is 1.58 bits per heavy atom. The Kier molecular flexibility index (Phi) is 5.52. The largest absolute Gasteiger partial charge is 0.497 e. The van der Waals surface area contributed by atoms with Gasteiger partial charge < -0.3 is 13.9 Å². The number of fused-ring (bicyclic) bond motifs is 1. The Labute approximate surface area is 180 Å². The van der Waals surface area contributed by atoms with Crippen LogP contribution in [0.15, 0.2) is 92.0 Å². The second-order valence-electron chi connectivity index (χ2n) is 6.92. The number of methoxy groups -OCH3 is 2. The van der Waals surface area contributed by atoms with Crippen LogP contribution >= 0.6 is 0 Å². The van der Waals surface area contributed by atoms with E-state index >= 15 is 0 Å². The maximum absolute atomic E-state index is 13.5. The number of rotatable bonds is 5. The maximum Gasteiger partial charge on any atom is 0.239 e. The van der Waals surface area contributed by atoms with Crippen molar-refractivity contribution < 1.29 is 22.3 Å². The van der Waals surface area contributed by atoms with Crippen molar-refractivity contribution >= 4 is 26.5 Å². The highest BCUT2D eigenvalue weighted by Gasteiger charge is 2.23. The Bertz CT molecular complexity index is 1400. The van der Waals surface area contributed by atoms with Crippen LogP contribution in [0.1, 0.15) is 5.56 Å². The summed E-state index contributed by atoms with van der Waals surface area (Å²) in [5.74, 6) is 1.16. The van der Waals surface area contributed by atoms with E-state index in [4.69, 9.17) is 13.9 Å². The second-order valence-corrected chi connectivity index (χ2v) is 8.84. The summed E-state index contributed by atoms with van der Waals surface area (Å²) in [6, 6.07) is 20.5. The molecule has 0 saturated carbocycles. The van der Waals surface area contributed by atoms with Gasteiger partial charge in [-0.25, -0.2) is 13.4 Å². The highest BCUT2D eigenvalue weighted by atomic mass is 32.2. The Morgan fingerprint density at radius 1 is 0.871 bits per heavy atom. The summed E-state index contributed by atoms with van der Waals surface area (Å²) in [4.78, 5) is 4.64. The predicted octanol–water partition coefficient (Wildman–Crippen LogP) is 4.82. The zero-order valence-corrected chi connectivity index (χ0v) is 18.1. The number of nitrogens with zero attached hydrogens (tertiary/aromatic N) is 1. The van der Waals surface area contributed by atoms with Gasteiger partial charge in [0.15, 0.2) is 11.3 Å². The lowest BCUT2D eigenvalue weighted by molar-refractivity contribution is 0.404. The molecule has 158 valence electrons. The van der Waals surface area contributed by atoms with Crippen molar-refractivity contribution in [3.8, 4) is 11.5 Å². The van der Waals surface area contributed by atoms with E-state index in [1.54, 1.807) is 79.9 Å². The lowest BCUT2D eigenvalue weighted by Crippen LogP contribution is -2.16. The first-order valence-corrected chi connectivity index (χ1v) is 11.0. The molecule has 0 amide bonds. The van der Waals surface area contributed by atoms with Gasteiger partial charge in [-0.1, -0.05) is 29.8 Å². The molecule has 0 spiro atoms. The first kappa shape index (κ1) is 20.7. The molecule has 4 aromatic rings. The molecule has 0 saturated heterocycles. The number of ether oxygens (including phenoxy) is 2. The average Bonchev–Trinajstić information content (AvgIpc) is 2.79. The number of sulfone groups is 1. The monoisotopic (exact) mass is 435 g/mol. The van der Waals surface area contributed by atoms with E-state index in [9.17, 15) is 8.42 Å². The molecule has 0 bridgehead atoms. The maximum atomic E-state index is 13.5. The first-order valence-electron chi connectivity index (χ1n) is 9.54. The van der Waals surface area contributed by atoms with Gasteiger partial charge in [-0.3, -0.25) is 0 Å². The van der Waals surface area contributed by atoms with Crippen LogP contribution in [0.25, 0.3) is 11.0 Å². The number of aryl methyl sites for hydroxylation is 1. The molecule has 0 aliphatic rings. The van der Waals surface area contributed by atoms with E-state index in [0.29, 0.717) is 28.2 Å². The van der Waals surface area contributed by atoms with E-state index in [0.717, 1.165) is 5.56 Å². The van der Waals surface area contributed by atoms with Crippen molar-refractivity contribution in [1.82, 2.24) is 0 Å². The van der Waals surface area contributed by atoms with E-state index < -0.39 is 9.84 Å². The molecular weight excluding hydrogens is 414 g/mol. The van der Waals surface area contributed by atoms with Gasteiger partial charge in [-0.15, -0.1) is 0 Å². The number of para-hydroxylation sites is 1. The fourth-order valence-corrected chi connectivity index (χ4v) is 4.50. The van der Waals surface area contributed by atoms with Crippen molar-refractivity contribution in [1.29, 1.82) is 0 Å². The minimum Gasteiger partial charge on any atom is -0.497 e. The summed E-state index contributed by atoms with van der Waals surface area (Å²) in [5.41, 5.74) is 1.89. The molecule has 0 fully saturated rings. The third-order valence-electron chi connectivity index (χ3n) is 4.85. The number of hydrogen-bond acceptors (Lipinski definition) is 6. The van der Waals surface area contributed by atoms with Crippen molar-refractivity contribution in [3.63, 3.8) is 0 Å². The van der Waals surface area contributed by atoms with Gasteiger partial charge in [-0.2, -0.15) is 0 Å². The van der Waals surface area contributed by atoms with Gasteiger partial charge in [-0.05, 0) is 55.5 Å². The smallest absolute Gasteiger partial charge is 0.239 e.